The predicted octanol–water partition coefficient (Wildman–Crippen LogP) is -0.456. The lowest BCUT2D eigenvalue weighted by molar-refractivity contribution is 1.11. The molecule has 0 saturated heterocycles. The molecular formula is C13H11N3O2. The van der Waals surface area contributed by atoms with Gasteiger partial charge < -0.3 is 9.97 Å². The summed E-state index contributed by atoms with van der Waals surface area (Å²) in [4.78, 5) is 33.1. The van der Waals surface area contributed by atoms with Gasteiger partial charge in [-0.2, -0.15) is 0 Å². The maximum absolute atomic E-state index is 12.2. The topological polar surface area (TPSA) is 78.6 Å². The fourth-order valence-electron chi connectivity index (χ4n) is 1.69. The van der Waals surface area contributed by atoms with E-state index in [2.05, 4.69) is 28.1 Å². The minimum atomic E-state index is -0.467. The van der Waals surface area contributed by atoms with Gasteiger partial charge in [-0.3, -0.25) is 9.59 Å². The summed E-state index contributed by atoms with van der Waals surface area (Å²) in [5.74, 6) is 0. The van der Waals surface area contributed by atoms with E-state index in [-0.39, 0.29) is 16.5 Å². The van der Waals surface area contributed by atoms with Crippen molar-refractivity contribution in [3.8, 4) is 0 Å². The Bertz CT molecular complexity index is 856. The van der Waals surface area contributed by atoms with E-state index in [1.54, 1.807) is 18.2 Å². The second kappa shape index (κ2) is 4.67. The van der Waals surface area contributed by atoms with Crippen molar-refractivity contribution in [2.45, 2.75) is 0 Å². The molecule has 0 radical (unpaired) electrons. The highest BCUT2D eigenvalue weighted by Crippen LogP contribution is 1.89. The van der Waals surface area contributed by atoms with Gasteiger partial charge >= 0.3 is 0 Å². The quantitative estimate of drug-likeness (QED) is 0.747. The van der Waals surface area contributed by atoms with Crippen LogP contribution in [-0.2, 0) is 0 Å². The Hall–Kier alpha value is -2.69. The van der Waals surface area contributed by atoms with Gasteiger partial charge in [0.2, 0.25) is 5.43 Å². The Morgan fingerprint density at radius 1 is 1.17 bits per heavy atom. The molecule has 2 aromatic rings. The third-order valence-electron chi connectivity index (χ3n) is 2.44. The second-order valence-corrected chi connectivity index (χ2v) is 3.54. The third kappa shape index (κ3) is 1.82. The van der Waals surface area contributed by atoms with E-state index in [0.29, 0.717) is 10.6 Å². The lowest BCUT2D eigenvalue weighted by Gasteiger charge is -1.96. The number of fused-ring (bicyclic) bond motifs is 1. The number of allylic oxidation sites excluding steroid dienone is 2. The molecule has 2 N–H and O–H groups in total. The predicted molar refractivity (Wildman–Crippen MR) is 71.6 cm³/mol. The Balaban J connectivity index is 3.22. The first-order chi connectivity index (χ1) is 8.69. The van der Waals surface area contributed by atoms with Crippen molar-refractivity contribution in [3.63, 3.8) is 0 Å². The largest absolute Gasteiger partial charge is 0.339 e. The van der Waals surface area contributed by atoms with Crippen LogP contribution >= 0.6 is 0 Å². The van der Waals surface area contributed by atoms with Crippen LogP contribution in [0.4, 0.5) is 0 Å². The first kappa shape index (κ1) is 11.8. The van der Waals surface area contributed by atoms with Crippen LogP contribution in [-0.4, -0.2) is 15.0 Å². The average Bonchev–Trinajstić information content (AvgIpc) is 2.34. The lowest BCUT2D eigenvalue weighted by Crippen LogP contribution is -2.43. The van der Waals surface area contributed by atoms with Crippen LogP contribution < -0.4 is 21.6 Å². The molecule has 5 heteroatoms. The van der Waals surface area contributed by atoms with Gasteiger partial charge in [0, 0.05) is 5.22 Å². The average molecular weight is 241 g/mol. The summed E-state index contributed by atoms with van der Waals surface area (Å²) >= 11 is 0. The molecule has 0 spiro atoms. The number of H-pyrrole nitrogens is 2. The molecule has 0 aromatic carbocycles. The van der Waals surface area contributed by atoms with Crippen LogP contribution in [0.1, 0.15) is 0 Å². The van der Waals surface area contributed by atoms with E-state index < -0.39 is 5.56 Å². The summed E-state index contributed by atoms with van der Waals surface area (Å²) in [5.41, 5.74) is -0.603. The number of aromatic amines is 2. The number of hydrogen-bond donors (Lipinski definition) is 2. The molecule has 90 valence electrons. The van der Waals surface area contributed by atoms with Crippen molar-refractivity contribution >= 4 is 23.2 Å². The summed E-state index contributed by atoms with van der Waals surface area (Å²) in [5, 5.41) is 0.906. The minimum Gasteiger partial charge on any atom is -0.339 e. The number of rotatable bonds is 2. The number of nitrogens with one attached hydrogen (secondary N) is 2. The van der Waals surface area contributed by atoms with Gasteiger partial charge in [0.15, 0.2) is 0 Å². The van der Waals surface area contributed by atoms with Crippen LogP contribution in [0, 0.1) is 0 Å². The third-order valence-corrected chi connectivity index (χ3v) is 2.44. The zero-order chi connectivity index (χ0) is 13.1. The molecular weight excluding hydrogens is 230 g/mol. The standard InChI is InChI=1S/C13H11N3O2/c1-3-5-8-9(6-4-2)16-12-10(11(8)17)13(18)15-7-14-12/h3-7H,1-2H2,(H2,14,15,16,18)/b8-5+,9-6+. The van der Waals surface area contributed by atoms with Gasteiger partial charge in [0.1, 0.15) is 11.0 Å². The number of hydrogen-bond acceptors (Lipinski definition) is 3. The van der Waals surface area contributed by atoms with E-state index in [0.717, 1.165) is 0 Å². The first-order valence-corrected chi connectivity index (χ1v) is 5.24. The fraction of sp³-hybridized carbons (Fsp3) is 0. The van der Waals surface area contributed by atoms with E-state index in [4.69, 9.17) is 0 Å². The van der Waals surface area contributed by atoms with Crippen LogP contribution in [0.5, 0.6) is 0 Å². The molecule has 18 heavy (non-hydrogen) atoms. The van der Waals surface area contributed by atoms with Crippen LogP contribution in [0.25, 0.3) is 23.2 Å². The van der Waals surface area contributed by atoms with Crippen molar-refractivity contribution in [1.82, 2.24) is 15.0 Å². The molecule has 0 unspecified atom stereocenters. The van der Waals surface area contributed by atoms with E-state index in [1.165, 1.54) is 12.4 Å². The smallest absolute Gasteiger partial charge is 0.264 e. The molecule has 2 rings (SSSR count). The zero-order valence-corrected chi connectivity index (χ0v) is 9.56. The van der Waals surface area contributed by atoms with Crippen LogP contribution in [0.3, 0.4) is 0 Å². The van der Waals surface area contributed by atoms with Gasteiger partial charge in [-0.1, -0.05) is 25.3 Å². The maximum Gasteiger partial charge on any atom is 0.264 e. The molecule has 0 aliphatic rings. The van der Waals surface area contributed by atoms with E-state index >= 15 is 0 Å². The summed E-state index contributed by atoms with van der Waals surface area (Å²) in [6.07, 6.45) is 7.46. The molecule has 0 amide bonds. The molecule has 2 aromatic heterocycles. The molecule has 0 atom stereocenters. The zero-order valence-electron chi connectivity index (χ0n) is 9.56. The minimum absolute atomic E-state index is 0.00631. The molecule has 5 nitrogen and oxygen atoms in total. The van der Waals surface area contributed by atoms with Gasteiger partial charge in [-0.15, -0.1) is 0 Å². The highest BCUT2D eigenvalue weighted by Gasteiger charge is 2.06. The molecule has 2 heterocycles. The lowest BCUT2D eigenvalue weighted by atomic mass is 10.2. The maximum atomic E-state index is 12.2. The van der Waals surface area contributed by atoms with Crippen molar-refractivity contribution in [2.24, 2.45) is 0 Å². The van der Waals surface area contributed by atoms with Crippen molar-refractivity contribution in [1.29, 1.82) is 0 Å². The van der Waals surface area contributed by atoms with Crippen molar-refractivity contribution < 1.29 is 0 Å². The summed E-state index contributed by atoms with van der Waals surface area (Å²) in [6, 6.07) is 0. The number of nitrogens with zero attached hydrogens (tertiary/aromatic N) is 1. The Kier molecular flexibility index (Phi) is 3.05. The summed E-state index contributed by atoms with van der Waals surface area (Å²) < 4.78 is 0. The van der Waals surface area contributed by atoms with Crippen LogP contribution in [0.15, 0.2) is 41.2 Å². The number of pyridine rings is 1. The van der Waals surface area contributed by atoms with Gasteiger partial charge in [-0.05, 0) is 12.2 Å². The molecule has 0 fully saturated rings. The summed E-state index contributed by atoms with van der Waals surface area (Å²) in [6.45, 7) is 7.13. The van der Waals surface area contributed by atoms with E-state index in [9.17, 15) is 9.59 Å². The highest BCUT2D eigenvalue weighted by molar-refractivity contribution is 5.73. The van der Waals surface area contributed by atoms with Gasteiger partial charge in [0.25, 0.3) is 5.56 Å². The highest BCUT2D eigenvalue weighted by atomic mass is 16.1. The molecule has 0 aliphatic heterocycles. The van der Waals surface area contributed by atoms with Crippen LogP contribution in [0.2, 0.25) is 0 Å². The molecule has 0 saturated carbocycles. The first-order valence-electron chi connectivity index (χ1n) is 5.24. The Labute approximate surface area is 102 Å². The SMILES string of the molecule is C=C/C=c1/[nH]c2nc[nH]c(=O)c2c(=O)/c1=C/C=C. The summed E-state index contributed by atoms with van der Waals surface area (Å²) in [7, 11) is 0. The molecule has 0 aliphatic carbocycles. The fourth-order valence-corrected chi connectivity index (χ4v) is 1.69. The van der Waals surface area contributed by atoms with Crippen molar-refractivity contribution in [3.05, 3.63) is 62.8 Å². The van der Waals surface area contributed by atoms with Gasteiger partial charge in [-0.25, -0.2) is 4.98 Å². The molecule has 0 bridgehead atoms. The Morgan fingerprint density at radius 2 is 1.89 bits per heavy atom. The van der Waals surface area contributed by atoms with Gasteiger partial charge in [0.05, 0.1) is 11.7 Å². The van der Waals surface area contributed by atoms with Crippen molar-refractivity contribution in [2.75, 3.05) is 0 Å². The second-order valence-electron chi connectivity index (χ2n) is 3.54. The number of aromatic nitrogens is 3. The normalized spacial score (nSPS) is 12.9. The Morgan fingerprint density at radius 3 is 2.56 bits per heavy atom. The monoisotopic (exact) mass is 241 g/mol. The van der Waals surface area contributed by atoms with E-state index in [1.807, 2.05) is 0 Å².